The molecule has 11 heteroatoms. The number of aromatic nitrogens is 4. The van der Waals surface area contributed by atoms with Crippen LogP contribution >= 0.6 is 0 Å². The maximum Gasteiger partial charge on any atom is 0.338 e. The van der Waals surface area contributed by atoms with Gasteiger partial charge < -0.3 is 14.8 Å². The van der Waals surface area contributed by atoms with Crippen LogP contribution in [0.5, 0.6) is 0 Å². The van der Waals surface area contributed by atoms with Crippen molar-refractivity contribution >= 4 is 23.7 Å². The Kier molecular flexibility index (Phi) is 6.06. The van der Waals surface area contributed by atoms with Crippen LogP contribution in [-0.4, -0.2) is 69.3 Å². The predicted molar refractivity (Wildman–Crippen MR) is 122 cm³/mol. The summed E-state index contributed by atoms with van der Waals surface area (Å²) >= 11 is 0. The summed E-state index contributed by atoms with van der Waals surface area (Å²) < 4.78 is 12.5. The Hall–Kier alpha value is -4.38. The van der Waals surface area contributed by atoms with E-state index < -0.39 is 12.0 Å². The van der Waals surface area contributed by atoms with Gasteiger partial charge in [-0.3, -0.25) is 14.5 Å². The van der Waals surface area contributed by atoms with E-state index in [0.29, 0.717) is 28.3 Å². The number of hydrogen-bond acceptors (Lipinski definition) is 9. The highest BCUT2D eigenvalue weighted by molar-refractivity contribution is 6.21. The summed E-state index contributed by atoms with van der Waals surface area (Å²) in [5.74, 6) is -0.748. The molecule has 35 heavy (non-hydrogen) atoms. The normalized spacial score (nSPS) is 16.7. The van der Waals surface area contributed by atoms with Gasteiger partial charge in [0, 0.05) is 5.70 Å². The van der Waals surface area contributed by atoms with Crippen LogP contribution < -0.4 is 5.32 Å². The van der Waals surface area contributed by atoms with E-state index in [9.17, 15) is 14.4 Å². The van der Waals surface area contributed by atoms with Gasteiger partial charge in [0.2, 0.25) is 5.95 Å². The number of anilines is 1. The van der Waals surface area contributed by atoms with Crippen molar-refractivity contribution in [1.29, 1.82) is 0 Å². The highest BCUT2D eigenvalue weighted by Crippen LogP contribution is 2.34. The van der Waals surface area contributed by atoms with Crippen molar-refractivity contribution in [1.82, 2.24) is 25.1 Å². The Labute approximate surface area is 200 Å². The van der Waals surface area contributed by atoms with E-state index in [1.165, 1.54) is 4.68 Å². The Morgan fingerprint density at radius 2 is 1.66 bits per heavy atom. The summed E-state index contributed by atoms with van der Waals surface area (Å²) in [6.07, 6.45) is 0. The molecular weight excluding hydrogens is 452 g/mol. The van der Waals surface area contributed by atoms with Crippen LogP contribution in [0.25, 0.3) is 0 Å². The standard InChI is InChI=1S/C24H22N6O5/c1-15-19(20(16-7-3-2-4-8-16)30-24(25-15)26-27-28-30)23(33)35-14-13-34-12-11-29-21(31)17-9-5-6-10-18(17)22(29)32/h2-10,20H,11-14H2,1H3,(H,25,26,28). The van der Waals surface area contributed by atoms with Gasteiger partial charge in [-0.25, -0.2) is 4.79 Å². The molecule has 1 aromatic heterocycles. The van der Waals surface area contributed by atoms with E-state index in [1.54, 1.807) is 31.2 Å². The third-order valence-corrected chi connectivity index (χ3v) is 5.85. The fourth-order valence-electron chi connectivity index (χ4n) is 4.19. The van der Waals surface area contributed by atoms with E-state index in [0.717, 1.165) is 10.5 Å². The molecule has 0 aliphatic carbocycles. The van der Waals surface area contributed by atoms with E-state index in [4.69, 9.17) is 9.47 Å². The minimum absolute atomic E-state index is 0.00169. The fourth-order valence-corrected chi connectivity index (χ4v) is 4.19. The molecule has 2 amide bonds. The van der Waals surface area contributed by atoms with Crippen molar-refractivity contribution in [2.45, 2.75) is 13.0 Å². The Balaban J connectivity index is 1.16. The lowest BCUT2D eigenvalue weighted by atomic mass is 9.96. The fraction of sp³-hybridized carbons (Fsp3) is 0.250. The average molecular weight is 474 g/mol. The molecule has 11 nitrogen and oxygen atoms in total. The van der Waals surface area contributed by atoms with Crippen LogP contribution in [0.3, 0.4) is 0 Å². The molecule has 2 aliphatic heterocycles. The zero-order valence-corrected chi connectivity index (χ0v) is 18.9. The molecule has 1 atom stereocenters. The van der Waals surface area contributed by atoms with Gasteiger partial charge in [0.15, 0.2) is 0 Å². The molecule has 0 bridgehead atoms. The third kappa shape index (κ3) is 4.17. The number of imide groups is 1. The van der Waals surface area contributed by atoms with E-state index in [1.807, 2.05) is 30.3 Å². The summed E-state index contributed by atoms with van der Waals surface area (Å²) in [7, 11) is 0. The van der Waals surface area contributed by atoms with Crippen molar-refractivity contribution in [3.8, 4) is 0 Å². The number of allylic oxidation sites excluding steroid dienone is 1. The Morgan fingerprint density at radius 1 is 0.971 bits per heavy atom. The van der Waals surface area contributed by atoms with Crippen LogP contribution in [0.15, 0.2) is 65.9 Å². The molecule has 2 aromatic carbocycles. The number of ether oxygens (including phenoxy) is 2. The van der Waals surface area contributed by atoms with Crippen LogP contribution in [-0.2, 0) is 14.3 Å². The van der Waals surface area contributed by atoms with Crippen LogP contribution in [0, 0.1) is 0 Å². The minimum atomic E-state index is -0.537. The molecule has 0 radical (unpaired) electrons. The molecule has 3 aromatic rings. The zero-order valence-electron chi connectivity index (χ0n) is 18.9. The number of tetrazole rings is 1. The largest absolute Gasteiger partial charge is 0.460 e. The van der Waals surface area contributed by atoms with Gasteiger partial charge in [0.25, 0.3) is 11.8 Å². The molecule has 0 fully saturated rings. The highest BCUT2D eigenvalue weighted by Gasteiger charge is 2.36. The number of nitrogens with one attached hydrogen (secondary N) is 1. The maximum absolute atomic E-state index is 13.0. The number of benzene rings is 2. The first kappa shape index (κ1) is 22.4. The zero-order chi connectivity index (χ0) is 24.4. The smallest absolute Gasteiger partial charge is 0.338 e. The van der Waals surface area contributed by atoms with Gasteiger partial charge in [-0.2, -0.15) is 4.68 Å². The Morgan fingerprint density at radius 3 is 2.37 bits per heavy atom. The van der Waals surface area contributed by atoms with Crippen LogP contribution in [0.2, 0.25) is 0 Å². The van der Waals surface area contributed by atoms with Gasteiger partial charge >= 0.3 is 5.97 Å². The summed E-state index contributed by atoms with van der Waals surface area (Å²) in [6.45, 7) is 2.13. The lowest BCUT2D eigenvalue weighted by molar-refractivity contribution is -0.141. The number of nitrogens with zero attached hydrogens (tertiary/aromatic N) is 5. The quantitative estimate of drug-likeness (QED) is 0.295. The second-order valence-corrected chi connectivity index (χ2v) is 7.98. The van der Waals surface area contributed by atoms with Gasteiger partial charge in [-0.1, -0.05) is 47.6 Å². The number of rotatable bonds is 8. The second-order valence-electron chi connectivity index (χ2n) is 7.98. The SMILES string of the molecule is CC1=C(C(=O)OCCOCCN2C(=O)c3ccccc3C2=O)C(c2ccccc2)n2nnnc2N1. The average Bonchev–Trinajstić information content (AvgIpc) is 3.43. The summed E-state index contributed by atoms with van der Waals surface area (Å²) in [5.41, 5.74) is 2.62. The molecule has 1 N–H and O–H groups in total. The summed E-state index contributed by atoms with van der Waals surface area (Å²) in [4.78, 5) is 39.0. The first-order valence-corrected chi connectivity index (χ1v) is 11.1. The number of amides is 2. The highest BCUT2D eigenvalue weighted by atomic mass is 16.6. The molecule has 1 unspecified atom stereocenters. The van der Waals surface area contributed by atoms with Crippen molar-refractivity contribution in [3.05, 3.63) is 82.6 Å². The van der Waals surface area contributed by atoms with E-state index >= 15 is 0 Å². The minimum Gasteiger partial charge on any atom is -0.460 e. The van der Waals surface area contributed by atoms with Gasteiger partial charge in [-0.15, -0.1) is 0 Å². The Bertz CT molecular complexity index is 1280. The van der Waals surface area contributed by atoms with Gasteiger partial charge in [-0.05, 0) is 35.0 Å². The third-order valence-electron chi connectivity index (χ3n) is 5.85. The number of esters is 1. The van der Waals surface area contributed by atoms with Crippen molar-refractivity contribution in [2.24, 2.45) is 0 Å². The lowest BCUT2D eigenvalue weighted by Crippen LogP contribution is -2.33. The second kappa shape index (κ2) is 9.47. The molecule has 0 spiro atoms. The predicted octanol–water partition coefficient (Wildman–Crippen LogP) is 1.82. The molecule has 5 rings (SSSR count). The number of fused-ring (bicyclic) bond motifs is 2. The van der Waals surface area contributed by atoms with Crippen molar-refractivity contribution in [3.63, 3.8) is 0 Å². The molecule has 2 aliphatic rings. The summed E-state index contributed by atoms with van der Waals surface area (Å²) in [5, 5.41) is 14.7. The van der Waals surface area contributed by atoms with E-state index in [-0.39, 0.29) is 38.2 Å². The van der Waals surface area contributed by atoms with Crippen LogP contribution in [0.4, 0.5) is 5.95 Å². The topological polar surface area (TPSA) is 129 Å². The van der Waals surface area contributed by atoms with Crippen molar-refractivity contribution < 1.29 is 23.9 Å². The van der Waals surface area contributed by atoms with Crippen molar-refractivity contribution in [2.75, 3.05) is 31.7 Å². The first-order chi connectivity index (χ1) is 17.1. The number of carbonyl (C=O) groups is 3. The molecule has 0 saturated heterocycles. The monoisotopic (exact) mass is 474 g/mol. The first-order valence-electron chi connectivity index (χ1n) is 11.1. The number of hydrogen-bond donors (Lipinski definition) is 1. The van der Waals surface area contributed by atoms with E-state index in [2.05, 4.69) is 20.8 Å². The van der Waals surface area contributed by atoms with Crippen LogP contribution in [0.1, 0.15) is 39.2 Å². The molecule has 0 saturated carbocycles. The molecular formula is C24H22N6O5. The van der Waals surface area contributed by atoms with Gasteiger partial charge in [0.1, 0.15) is 12.6 Å². The maximum atomic E-state index is 13.0. The summed E-state index contributed by atoms with van der Waals surface area (Å²) in [6, 6.07) is 15.6. The van der Waals surface area contributed by atoms with Gasteiger partial charge in [0.05, 0.1) is 36.5 Å². The lowest BCUT2D eigenvalue weighted by Gasteiger charge is -2.27. The molecule has 3 heterocycles. The number of carbonyl (C=O) groups excluding carboxylic acids is 3. The molecule has 178 valence electrons.